The van der Waals surface area contributed by atoms with Gasteiger partial charge < -0.3 is 4.74 Å². The van der Waals surface area contributed by atoms with E-state index in [1.807, 2.05) is 20.8 Å². The molecule has 0 N–H and O–H groups in total. The van der Waals surface area contributed by atoms with Crippen LogP contribution in [0.25, 0.3) is 5.57 Å². The van der Waals surface area contributed by atoms with Gasteiger partial charge in [-0.05, 0) is 56.9 Å². The zero-order chi connectivity index (χ0) is 14.8. The molecule has 0 bridgehead atoms. The summed E-state index contributed by atoms with van der Waals surface area (Å²) in [5.74, 6) is -0.505. The Bertz CT molecular complexity index is 518. The fourth-order valence-corrected chi connectivity index (χ4v) is 2.01. The topological polar surface area (TPSA) is 42.4 Å². The van der Waals surface area contributed by atoms with Crippen LogP contribution in [0.15, 0.2) is 24.5 Å². The Morgan fingerprint density at radius 2 is 2.15 bits per heavy atom. The lowest BCUT2D eigenvalue weighted by atomic mass is 10.0. The van der Waals surface area contributed by atoms with E-state index in [0.29, 0.717) is 6.54 Å². The third kappa shape index (κ3) is 3.79. The Morgan fingerprint density at radius 3 is 2.75 bits per heavy atom. The average molecular weight is 278 g/mol. The molecular weight excluding hydrogens is 259 g/mol. The lowest BCUT2D eigenvalue weighted by molar-refractivity contribution is 0.0329. The van der Waals surface area contributed by atoms with Gasteiger partial charge in [0.15, 0.2) is 0 Å². The third-order valence-corrected chi connectivity index (χ3v) is 2.88. The molecule has 0 aliphatic carbocycles. The summed E-state index contributed by atoms with van der Waals surface area (Å²) in [5.41, 5.74) is 1.29. The van der Waals surface area contributed by atoms with Gasteiger partial charge in [0.05, 0.1) is 0 Å². The number of hydrogen-bond acceptors (Lipinski definition) is 3. The van der Waals surface area contributed by atoms with Crippen LogP contribution in [0.1, 0.15) is 39.2 Å². The average Bonchev–Trinajstić information content (AvgIpc) is 2.38. The fourth-order valence-electron chi connectivity index (χ4n) is 2.01. The Morgan fingerprint density at radius 1 is 1.40 bits per heavy atom. The number of aromatic nitrogens is 1. The molecule has 20 heavy (non-hydrogen) atoms. The van der Waals surface area contributed by atoms with Crippen LogP contribution in [0.5, 0.6) is 0 Å². The van der Waals surface area contributed by atoms with Gasteiger partial charge in [0.25, 0.3) is 0 Å². The van der Waals surface area contributed by atoms with Crippen molar-refractivity contribution < 1.29 is 13.9 Å². The van der Waals surface area contributed by atoms with E-state index in [-0.39, 0.29) is 6.09 Å². The number of nitrogens with zero attached hydrogens (tertiary/aromatic N) is 2. The Kier molecular flexibility index (Phi) is 4.06. The molecule has 1 amide bonds. The summed E-state index contributed by atoms with van der Waals surface area (Å²) in [6.45, 7) is 6.14. The van der Waals surface area contributed by atoms with Crippen LogP contribution in [0, 0.1) is 5.95 Å². The van der Waals surface area contributed by atoms with E-state index in [2.05, 4.69) is 4.98 Å². The van der Waals surface area contributed by atoms with Crippen molar-refractivity contribution in [2.24, 2.45) is 0 Å². The van der Waals surface area contributed by atoms with Gasteiger partial charge in [0.1, 0.15) is 5.60 Å². The zero-order valence-electron chi connectivity index (χ0n) is 12.0. The Hall–Kier alpha value is -1.91. The zero-order valence-corrected chi connectivity index (χ0v) is 12.0. The van der Waals surface area contributed by atoms with E-state index in [9.17, 15) is 9.18 Å². The summed E-state index contributed by atoms with van der Waals surface area (Å²) >= 11 is 0. The van der Waals surface area contributed by atoms with Crippen molar-refractivity contribution in [3.05, 3.63) is 36.0 Å². The molecule has 0 spiro atoms. The van der Waals surface area contributed by atoms with E-state index in [0.717, 1.165) is 24.0 Å². The van der Waals surface area contributed by atoms with Crippen LogP contribution in [0.4, 0.5) is 9.18 Å². The molecule has 0 unspecified atom stereocenters. The molecule has 0 radical (unpaired) electrons. The highest BCUT2D eigenvalue weighted by molar-refractivity contribution is 5.74. The molecule has 4 nitrogen and oxygen atoms in total. The Balaban J connectivity index is 2.15. The summed E-state index contributed by atoms with van der Waals surface area (Å²) in [5, 5.41) is 0. The molecule has 1 aliphatic rings. The fraction of sp³-hybridized carbons (Fsp3) is 0.467. The second-order valence-electron chi connectivity index (χ2n) is 5.80. The van der Waals surface area contributed by atoms with Crippen LogP contribution < -0.4 is 0 Å². The number of rotatable bonds is 1. The van der Waals surface area contributed by atoms with Crippen molar-refractivity contribution in [3.63, 3.8) is 0 Å². The molecule has 0 saturated heterocycles. The van der Waals surface area contributed by atoms with E-state index >= 15 is 0 Å². The van der Waals surface area contributed by atoms with Crippen molar-refractivity contribution in [2.75, 3.05) is 6.54 Å². The number of amides is 1. The molecule has 0 atom stereocenters. The lowest BCUT2D eigenvalue weighted by Crippen LogP contribution is -2.35. The van der Waals surface area contributed by atoms with Crippen LogP contribution in [-0.4, -0.2) is 28.1 Å². The molecule has 1 aromatic heterocycles. The quantitative estimate of drug-likeness (QED) is 0.737. The van der Waals surface area contributed by atoms with Crippen LogP contribution >= 0.6 is 0 Å². The summed E-state index contributed by atoms with van der Waals surface area (Å²) in [4.78, 5) is 17.2. The summed E-state index contributed by atoms with van der Waals surface area (Å²) < 4.78 is 18.2. The second-order valence-corrected chi connectivity index (χ2v) is 5.80. The number of carbonyl (C=O) groups excluding carboxylic acids is 1. The van der Waals surface area contributed by atoms with E-state index in [4.69, 9.17) is 4.74 Å². The Labute approximate surface area is 118 Å². The van der Waals surface area contributed by atoms with Crippen LogP contribution in [0.2, 0.25) is 0 Å². The number of ether oxygens (including phenoxy) is 1. The van der Waals surface area contributed by atoms with Gasteiger partial charge in [0, 0.05) is 18.9 Å². The molecule has 1 aliphatic heterocycles. The smallest absolute Gasteiger partial charge is 0.414 e. The van der Waals surface area contributed by atoms with Crippen LogP contribution in [0.3, 0.4) is 0 Å². The maximum absolute atomic E-state index is 12.8. The first-order chi connectivity index (χ1) is 9.35. The minimum absolute atomic E-state index is 0.357. The number of allylic oxidation sites excluding steroid dienone is 1. The SMILES string of the molecule is CC(C)(C)OC(=O)N1C=C(c2ccc(F)nc2)CCC1. The monoisotopic (exact) mass is 278 g/mol. The predicted octanol–water partition coefficient (Wildman–Crippen LogP) is 3.59. The first-order valence-corrected chi connectivity index (χ1v) is 6.67. The number of carbonyl (C=O) groups is 1. The molecule has 5 heteroatoms. The van der Waals surface area contributed by atoms with Crippen molar-refractivity contribution in [2.45, 2.75) is 39.2 Å². The van der Waals surface area contributed by atoms with Crippen molar-refractivity contribution in [3.8, 4) is 0 Å². The molecule has 0 fully saturated rings. The van der Waals surface area contributed by atoms with E-state index in [1.54, 1.807) is 17.2 Å². The summed E-state index contributed by atoms with van der Waals surface area (Å²) in [6, 6.07) is 3.00. The second kappa shape index (κ2) is 5.61. The van der Waals surface area contributed by atoms with Gasteiger partial charge in [-0.2, -0.15) is 4.39 Å². The van der Waals surface area contributed by atoms with Crippen molar-refractivity contribution in [1.82, 2.24) is 9.88 Å². The van der Waals surface area contributed by atoms with Crippen molar-refractivity contribution in [1.29, 1.82) is 0 Å². The first kappa shape index (κ1) is 14.5. The van der Waals surface area contributed by atoms with E-state index in [1.165, 1.54) is 12.3 Å². The predicted molar refractivity (Wildman–Crippen MR) is 74.3 cm³/mol. The maximum Gasteiger partial charge on any atom is 0.414 e. The van der Waals surface area contributed by atoms with Crippen LogP contribution in [-0.2, 0) is 4.74 Å². The standard InChI is InChI=1S/C15H19FN2O2/c1-15(2,3)20-14(19)18-8-4-5-12(10-18)11-6-7-13(16)17-9-11/h6-7,9-10H,4-5,8H2,1-3H3. The highest BCUT2D eigenvalue weighted by atomic mass is 19.1. The van der Waals surface area contributed by atoms with Gasteiger partial charge in [0.2, 0.25) is 5.95 Å². The minimum atomic E-state index is -0.514. The molecule has 0 aromatic carbocycles. The number of hydrogen-bond donors (Lipinski definition) is 0. The van der Waals surface area contributed by atoms with E-state index < -0.39 is 11.5 Å². The summed E-state index contributed by atoms with van der Waals surface area (Å²) in [6.07, 6.45) is 4.59. The molecule has 1 aromatic rings. The minimum Gasteiger partial charge on any atom is -0.443 e. The van der Waals surface area contributed by atoms with Gasteiger partial charge in [-0.1, -0.05) is 0 Å². The third-order valence-electron chi connectivity index (χ3n) is 2.88. The first-order valence-electron chi connectivity index (χ1n) is 6.67. The molecule has 2 rings (SSSR count). The number of halogens is 1. The highest BCUT2D eigenvalue weighted by Gasteiger charge is 2.23. The lowest BCUT2D eigenvalue weighted by Gasteiger charge is -2.28. The summed E-state index contributed by atoms with van der Waals surface area (Å²) in [7, 11) is 0. The maximum atomic E-state index is 12.8. The van der Waals surface area contributed by atoms with Gasteiger partial charge in [-0.25, -0.2) is 9.78 Å². The van der Waals surface area contributed by atoms with Gasteiger partial charge in [-0.15, -0.1) is 0 Å². The van der Waals surface area contributed by atoms with Crippen molar-refractivity contribution >= 4 is 11.7 Å². The molecular formula is C15H19FN2O2. The molecule has 2 heterocycles. The van der Waals surface area contributed by atoms with Gasteiger partial charge in [-0.3, -0.25) is 4.90 Å². The largest absolute Gasteiger partial charge is 0.443 e. The molecule has 0 saturated carbocycles. The highest BCUT2D eigenvalue weighted by Crippen LogP contribution is 2.25. The van der Waals surface area contributed by atoms with Gasteiger partial charge >= 0.3 is 6.09 Å². The normalized spacial score (nSPS) is 15.8. The molecule has 108 valence electrons. The number of pyridine rings is 1.